The first-order chi connectivity index (χ1) is 10.0. The van der Waals surface area contributed by atoms with Gasteiger partial charge in [0.1, 0.15) is 0 Å². The second-order valence-electron chi connectivity index (χ2n) is 6.76. The van der Waals surface area contributed by atoms with Crippen LogP contribution in [0.2, 0.25) is 0 Å². The minimum absolute atomic E-state index is 0.515. The van der Waals surface area contributed by atoms with E-state index in [1.807, 2.05) is 32.2 Å². The lowest BCUT2D eigenvalue weighted by atomic mass is 10.1. The first kappa shape index (κ1) is 12.7. The minimum Gasteiger partial charge on any atom is -0.340 e. The number of hydrogen-bond donors (Lipinski definition) is 0. The smallest absolute Gasteiger partial charge is 0.225 e. The summed E-state index contributed by atoms with van der Waals surface area (Å²) >= 11 is 0. The molecule has 4 heteroatoms. The standard InChI is InChI=1S/C17H20N4/c1-11-4-5-14(12(2)19-11)15-6-7-18-16(20-15)21-9-13-8-17(13,3)10-21/h4-7,13H,8-10H2,1-3H3. The Balaban J connectivity index is 1.67. The highest BCUT2D eigenvalue weighted by atomic mass is 15.3. The monoisotopic (exact) mass is 280 g/mol. The first-order valence-corrected chi connectivity index (χ1v) is 7.58. The molecule has 0 spiro atoms. The molecule has 0 amide bonds. The van der Waals surface area contributed by atoms with E-state index in [0.717, 1.165) is 47.6 Å². The Morgan fingerprint density at radius 1 is 1.19 bits per heavy atom. The van der Waals surface area contributed by atoms with Gasteiger partial charge in [-0.05, 0) is 49.8 Å². The summed E-state index contributed by atoms with van der Waals surface area (Å²) in [6.45, 7) is 8.61. The van der Waals surface area contributed by atoms with Gasteiger partial charge in [0.15, 0.2) is 0 Å². The molecule has 2 aromatic heterocycles. The normalized spacial score (nSPS) is 26.8. The predicted molar refractivity (Wildman–Crippen MR) is 83.2 cm³/mol. The van der Waals surface area contributed by atoms with Crippen LogP contribution in [0, 0.1) is 25.2 Å². The van der Waals surface area contributed by atoms with E-state index in [1.165, 1.54) is 6.42 Å². The number of aromatic nitrogens is 3. The number of aryl methyl sites for hydroxylation is 2. The molecule has 2 aliphatic rings. The Hall–Kier alpha value is -1.97. The van der Waals surface area contributed by atoms with Crippen molar-refractivity contribution >= 4 is 5.95 Å². The molecule has 1 aliphatic heterocycles. The van der Waals surface area contributed by atoms with Gasteiger partial charge >= 0.3 is 0 Å². The molecule has 108 valence electrons. The van der Waals surface area contributed by atoms with Crippen molar-refractivity contribution in [1.29, 1.82) is 0 Å². The van der Waals surface area contributed by atoms with E-state index in [-0.39, 0.29) is 0 Å². The summed E-state index contributed by atoms with van der Waals surface area (Å²) in [5.41, 5.74) is 4.64. The molecule has 1 aliphatic carbocycles. The zero-order chi connectivity index (χ0) is 14.6. The topological polar surface area (TPSA) is 41.9 Å². The zero-order valence-corrected chi connectivity index (χ0v) is 12.8. The van der Waals surface area contributed by atoms with E-state index in [1.54, 1.807) is 0 Å². The molecule has 2 atom stereocenters. The molecule has 2 aromatic rings. The van der Waals surface area contributed by atoms with Crippen LogP contribution in [-0.2, 0) is 0 Å². The number of piperidine rings is 1. The van der Waals surface area contributed by atoms with Crippen LogP contribution in [0.1, 0.15) is 24.7 Å². The van der Waals surface area contributed by atoms with Gasteiger partial charge in [-0.15, -0.1) is 0 Å². The number of hydrogen-bond acceptors (Lipinski definition) is 4. The average Bonchev–Trinajstić information content (AvgIpc) is 2.96. The van der Waals surface area contributed by atoms with Crippen LogP contribution in [-0.4, -0.2) is 28.0 Å². The Kier molecular flexibility index (Phi) is 2.59. The third-order valence-electron chi connectivity index (χ3n) is 4.96. The van der Waals surface area contributed by atoms with Gasteiger partial charge in [0.05, 0.1) is 5.69 Å². The molecular formula is C17H20N4. The third kappa shape index (κ3) is 2.09. The first-order valence-electron chi connectivity index (χ1n) is 7.58. The maximum atomic E-state index is 4.78. The minimum atomic E-state index is 0.515. The fraction of sp³-hybridized carbons (Fsp3) is 0.471. The van der Waals surface area contributed by atoms with Crippen molar-refractivity contribution in [3.63, 3.8) is 0 Å². The van der Waals surface area contributed by atoms with Crippen LogP contribution < -0.4 is 4.90 Å². The molecule has 2 unspecified atom stereocenters. The van der Waals surface area contributed by atoms with Gasteiger partial charge in [-0.1, -0.05) is 6.92 Å². The number of fused-ring (bicyclic) bond motifs is 1. The van der Waals surface area contributed by atoms with Crippen molar-refractivity contribution < 1.29 is 0 Å². The fourth-order valence-electron chi connectivity index (χ4n) is 3.51. The number of anilines is 1. The highest BCUT2D eigenvalue weighted by Gasteiger charge is 2.56. The Morgan fingerprint density at radius 3 is 2.76 bits per heavy atom. The quantitative estimate of drug-likeness (QED) is 0.848. The van der Waals surface area contributed by atoms with Crippen molar-refractivity contribution in [3.8, 4) is 11.3 Å². The van der Waals surface area contributed by atoms with Crippen LogP contribution in [0.25, 0.3) is 11.3 Å². The van der Waals surface area contributed by atoms with Crippen molar-refractivity contribution in [2.45, 2.75) is 27.2 Å². The highest BCUT2D eigenvalue weighted by Crippen LogP contribution is 2.57. The van der Waals surface area contributed by atoms with Crippen LogP contribution in [0.15, 0.2) is 24.4 Å². The Bertz CT molecular complexity index is 712. The van der Waals surface area contributed by atoms with E-state index < -0.39 is 0 Å². The second-order valence-corrected chi connectivity index (χ2v) is 6.76. The van der Waals surface area contributed by atoms with Crippen LogP contribution in [0.5, 0.6) is 0 Å². The van der Waals surface area contributed by atoms with Crippen molar-refractivity contribution in [1.82, 2.24) is 15.0 Å². The number of nitrogens with zero attached hydrogens (tertiary/aromatic N) is 4. The zero-order valence-electron chi connectivity index (χ0n) is 12.8. The summed E-state index contributed by atoms with van der Waals surface area (Å²) in [4.78, 5) is 16.1. The van der Waals surface area contributed by atoms with Crippen LogP contribution in [0.3, 0.4) is 0 Å². The molecule has 1 saturated heterocycles. The summed E-state index contributed by atoms with van der Waals surface area (Å²) in [6, 6.07) is 6.12. The summed E-state index contributed by atoms with van der Waals surface area (Å²) in [5.74, 6) is 1.70. The molecule has 2 fully saturated rings. The van der Waals surface area contributed by atoms with Gasteiger partial charge in [0.2, 0.25) is 5.95 Å². The fourth-order valence-corrected chi connectivity index (χ4v) is 3.51. The molecule has 1 saturated carbocycles. The van der Waals surface area contributed by atoms with E-state index in [4.69, 9.17) is 4.98 Å². The number of pyridine rings is 1. The molecule has 0 aromatic carbocycles. The van der Waals surface area contributed by atoms with Crippen LogP contribution in [0.4, 0.5) is 5.95 Å². The molecule has 3 heterocycles. The third-order valence-corrected chi connectivity index (χ3v) is 4.96. The lowest BCUT2D eigenvalue weighted by molar-refractivity contribution is 0.594. The largest absolute Gasteiger partial charge is 0.340 e. The molecule has 0 bridgehead atoms. The summed E-state index contributed by atoms with van der Waals surface area (Å²) in [7, 11) is 0. The van der Waals surface area contributed by atoms with E-state index in [2.05, 4.69) is 27.9 Å². The number of rotatable bonds is 2. The van der Waals surface area contributed by atoms with E-state index >= 15 is 0 Å². The maximum absolute atomic E-state index is 4.78. The Morgan fingerprint density at radius 2 is 2.05 bits per heavy atom. The van der Waals surface area contributed by atoms with Crippen LogP contribution >= 0.6 is 0 Å². The second kappa shape index (κ2) is 4.26. The van der Waals surface area contributed by atoms with Gasteiger partial charge in [-0.2, -0.15) is 0 Å². The highest BCUT2D eigenvalue weighted by molar-refractivity contribution is 5.62. The molecular weight excluding hydrogens is 260 g/mol. The van der Waals surface area contributed by atoms with Crippen molar-refractivity contribution in [2.75, 3.05) is 18.0 Å². The predicted octanol–water partition coefficient (Wildman–Crippen LogP) is 3.00. The lowest BCUT2D eigenvalue weighted by Gasteiger charge is -2.19. The molecule has 0 radical (unpaired) electrons. The summed E-state index contributed by atoms with van der Waals surface area (Å²) in [5, 5.41) is 0. The average molecular weight is 280 g/mol. The van der Waals surface area contributed by atoms with Gasteiger partial charge in [-0.3, -0.25) is 4.98 Å². The van der Waals surface area contributed by atoms with E-state index in [9.17, 15) is 0 Å². The summed E-state index contributed by atoms with van der Waals surface area (Å²) < 4.78 is 0. The molecule has 0 N–H and O–H groups in total. The van der Waals surface area contributed by atoms with Gasteiger partial charge in [0.25, 0.3) is 0 Å². The SMILES string of the molecule is Cc1ccc(-c2ccnc(N3CC4CC4(C)C3)n2)c(C)n1. The maximum Gasteiger partial charge on any atom is 0.225 e. The van der Waals surface area contributed by atoms with Crippen molar-refractivity contribution in [3.05, 3.63) is 35.8 Å². The van der Waals surface area contributed by atoms with E-state index in [0.29, 0.717) is 5.41 Å². The molecule has 21 heavy (non-hydrogen) atoms. The van der Waals surface area contributed by atoms with Gasteiger partial charge in [0, 0.05) is 36.2 Å². The molecule has 4 nitrogen and oxygen atoms in total. The molecule has 4 rings (SSSR count). The summed E-state index contributed by atoms with van der Waals surface area (Å²) in [6.07, 6.45) is 3.23. The van der Waals surface area contributed by atoms with Gasteiger partial charge < -0.3 is 4.90 Å². The van der Waals surface area contributed by atoms with Crippen molar-refractivity contribution in [2.24, 2.45) is 11.3 Å². The van der Waals surface area contributed by atoms with Gasteiger partial charge in [-0.25, -0.2) is 9.97 Å². The lowest BCUT2D eigenvalue weighted by Crippen LogP contribution is -2.25. The Labute approximate surface area is 125 Å².